The molecule has 0 aliphatic heterocycles. The van der Waals surface area contributed by atoms with Crippen LogP contribution >= 0.6 is 22.7 Å². The van der Waals surface area contributed by atoms with Gasteiger partial charge in [0.1, 0.15) is 5.75 Å². The molecule has 0 radical (unpaired) electrons. The molecule has 2 aromatic heterocycles. The number of hydrogen-bond donors (Lipinski definition) is 1. The monoisotopic (exact) mass is 303 g/mol. The summed E-state index contributed by atoms with van der Waals surface area (Å²) in [7, 11) is 0. The third kappa shape index (κ3) is 2.46. The molecule has 1 atom stereocenters. The second kappa shape index (κ2) is 5.56. The van der Waals surface area contributed by atoms with Crippen LogP contribution in [0.3, 0.4) is 0 Å². The molecular weight excluding hydrogens is 286 g/mol. The molecule has 4 heteroatoms. The van der Waals surface area contributed by atoms with E-state index in [1.165, 1.54) is 19.8 Å². The lowest BCUT2D eigenvalue weighted by molar-refractivity contribution is 0.335. The largest absolute Gasteiger partial charge is 0.494 e. The normalized spacial score (nSPS) is 12.8. The minimum absolute atomic E-state index is 0.124. The maximum Gasteiger partial charge on any atom is 0.124 e. The Morgan fingerprint density at radius 3 is 2.80 bits per heavy atom. The smallest absolute Gasteiger partial charge is 0.124 e. The van der Waals surface area contributed by atoms with Gasteiger partial charge in [0.15, 0.2) is 0 Å². The molecule has 1 aromatic carbocycles. The van der Waals surface area contributed by atoms with E-state index in [0.717, 1.165) is 11.3 Å². The number of thiophene rings is 2. The summed E-state index contributed by atoms with van der Waals surface area (Å²) < 4.78 is 8.34. The molecule has 104 valence electrons. The van der Waals surface area contributed by atoms with Gasteiger partial charge in [-0.05, 0) is 37.4 Å². The van der Waals surface area contributed by atoms with E-state index in [1.54, 1.807) is 22.7 Å². The summed E-state index contributed by atoms with van der Waals surface area (Å²) in [6, 6.07) is 10.4. The Morgan fingerprint density at radius 1 is 1.20 bits per heavy atom. The van der Waals surface area contributed by atoms with Crippen LogP contribution in [0, 0.1) is 6.92 Å². The Labute approximate surface area is 126 Å². The quantitative estimate of drug-likeness (QED) is 0.757. The highest BCUT2D eigenvalue weighted by Crippen LogP contribution is 2.37. The summed E-state index contributed by atoms with van der Waals surface area (Å²) in [5.74, 6) is 0.891. The van der Waals surface area contributed by atoms with Crippen molar-refractivity contribution in [2.75, 3.05) is 6.61 Å². The van der Waals surface area contributed by atoms with E-state index in [0.29, 0.717) is 6.61 Å². The molecule has 2 heterocycles. The van der Waals surface area contributed by atoms with E-state index in [9.17, 15) is 0 Å². The molecule has 2 N–H and O–H groups in total. The lowest BCUT2D eigenvalue weighted by atomic mass is 10.0. The number of nitrogens with two attached hydrogens (primary N) is 1. The molecule has 2 nitrogen and oxygen atoms in total. The van der Waals surface area contributed by atoms with Gasteiger partial charge in [-0.25, -0.2) is 0 Å². The van der Waals surface area contributed by atoms with Crippen molar-refractivity contribution in [3.05, 3.63) is 51.7 Å². The summed E-state index contributed by atoms with van der Waals surface area (Å²) >= 11 is 3.53. The van der Waals surface area contributed by atoms with Gasteiger partial charge in [-0.15, -0.1) is 22.7 Å². The van der Waals surface area contributed by atoms with Crippen molar-refractivity contribution < 1.29 is 4.74 Å². The maximum absolute atomic E-state index is 6.47. The van der Waals surface area contributed by atoms with Gasteiger partial charge in [-0.3, -0.25) is 0 Å². The maximum atomic E-state index is 6.47. The van der Waals surface area contributed by atoms with Crippen molar-refractivity contribution in [1.82, 2.24) is 0 Å². The minimum atomic E-state index is -0.124. The molecule has 20 heavy (non-hydrogen) atoms. The van der Waals surface area contributed by atoms with Crippen LogP contribution < -0.4 is 10.5 Å². The SMILES string of the molecule is CCOc1ccc(C)cc1C(N)c1cc2sccc2s1. The third-order valence-corrected chi connectivity index (χ3v) is 5.44. The standard InChI is InChI=1S/C16H17NOS2/c1-3-18-12-5-4-10(2)8-11(12)16(17)15-9-14-13(20-15)6-7-19-14/h4-9,16H,3,17H2,1-2H3. The molecule has 0 fully saturated rings. The van der Waals surface area contributed by atoms with Gasteiger partial charge in [-0.1, -0.05) is 17.7 Å². The average Bonchev–Trinajstić information content (AvgIpc) is 3.01. The van der Waals surface area contributed by atoms with E-state index in [1.807, 2.05) is 13.0 Å². The van der Waals surface area contributed by atoms with Gasteiger partial charge in [0.05, 0.1) is 12.6 Å². The number of rotatable bonds is 4. The molecule has 0 saturated carbocycles. The third-order valence-electron chi connectivity index (χ3n) is 3.27. The van der Waals surface area contributed by atoms with Crippen molar-refractivity contribution in [3.63, 3.8) is 0 Å². The second-order valence-corrected chi connectivity index (χ2v) is 6.81. The molecule has 3 rings (SSSR count). The van der Waals surface area contributed by atoms with Crippen LogP contribution in [0.5, 0.6) is 5.75 Å². The van der Waals surface area contributed by atoms with Gasteiger partial charge in [0.25, 0.3) is 0 Å². The molecule has 3 aromatic rings. The Bertz CT molecular complexity index is 700. The van der Waals surface area contributed by atoms with Gasteiger partial charge in [-0.2, -0.15) is 0 Å². The van der Waals surface area contributed by atoms with E-state index in [4.69, 9.17) is 10.5 Å². The highest BCUT2D eigenvalue weighted by atomic mass is 32.1. The first kappa shape index (κ1) is 13.6. The summed E-state index contributed by atoms with van der Waals surface area (Å²) in [4.78, 5) is 1.19. The molecule has 0 bridgehead atoms. The van der Waals surface area contributed by atoms with Crippen molar-refractivity contribution >= 4 is 32.1 Å². The molecule has 0 spiro atoms. The Kier molecular flexibility index (Phi) is 3.78. The minimum Gasteiger partial charge on any atom is -0.494 e. The van der Waals surface area contributed by atoms with Crippen molar-refractivity contribution in [3.8, 4) is 5.75 Å². The first-order chi connectivity index (χ1) is 9.69. The molecule has 1 unspecified atom stereocenters. The van der Waals surface area contributed by atoms with Crippen molar-refractivity contribution in [1.29, 1.82) is 0 Å². The predicted octanol–water partition coefficient (Wildman–Crippen LogP) is 4.72. The van der Waals surface area contributed by atoms with Crippen LogP contribution in [-0.2, 0) is 0 Å². The highest BCUT2D eigenvalue weighted by Gasteiger charge is 2.17. The first-order valence-corrected chi connectivity index (χ1v) is 8.34. The van der Waals surface area contributed by atoms with E-state index < -0.39 is 0 Å². The van der Waals surface area contributed by atoms with Gasteiger partial charge < -0.3 is 10.5 Å². The molecule has 0 amide bonds. The molecule has 0 aliphatic rings. The first-order valence-electron chi connectivity index (χ1n) is 6.65. The summed E-state index contributed by atoms with van der Waals surface area (Å²) in [5, 5.41) is 2.12. The van der Waals surface area contributed by atoms with Crippen LogP contribution in [0.25, 0.3) is 9.40 Å². The summed E-state index contributed by atoms with van der Waals surface area (Å²) in [5.41, 5.74) is 8.75. The van der Waals surface area contributed by atoms with Crippen LogP contribution in [-0.4, -0.2) is 6.61 Å². The number of aryl methyl sites for hydroxylation is 1. The average molecular weight is 303 g/mol. The lowest BCUT2D eigenvalue weighted by Crippen LogP contribution is -2.12. The van der Waals surface area contributed by atoms with Crippen LogP contribution in [0.15, 0.2) is 35.7 Å². The van der Waals surface area contributed by atoms with Crippen LogP contribution in [0.4, 0.5) is 0 Å². The van der Waals surface area contributed by atoms with E-state index in [2.05, 4.69) is 36.6 Å². The highest BCUT2D eigenvalue weighted by molar-refractivity contribution is 7.27. The number of hydrogen-bond acceptors (Lipinski definition) is 4. The molecule has 0 aliphatic carbocycles. The Balaban J connectivity index is 2.02. The molecular formula is C16H17NOS2. The summed E-state index contributed by atoms with van der Waals surface area (Å²) in [6.45, 7) is 4.73. The lowest BCUT2D eigenvalue weighted by Gasteiger charge is -2.16. The zero-order chi connectivity index (χ0) is 14.1. The number of benzene rings is 1. The van der Waals surface area contributed by atoms with E-state index in [-0.39, 0.29) is 6.04 Å². The fourth-order valence-corrected chi connectivity index (χ4v) is 4.43. The Morgan fingerprint density at radius 2 is 2.05 bits per heavy atom. The number of fused-ring (bicyclic) bond motifs is 1. The van der Waals surface area contributed by atoms with Crippen molar-refractivity contribution in [2.45, 2.75) is 19.9 Å². The van der Waals surface area contributed by atoms with E-state index >= 15 is 0 Å². The topological polar surface area (TPSA) is 35.2 Å². The van der Waals surface area contributed by atoms with Crippen LogP contribution in [0.1, 0.15) is 29.0 Å². The second-order valence-electron chi connectivity index (χ2n) is 4.75. The predicted molar refractivity (Wildman–Crippen MR) is 88.1 cm³/mol. The zero-order valence-electron chi connectivity index (χ0n) is 11.6. The zero-order valence-corrected chi connectivity index (χ0v) is 13.2. The van der Waals surface area contributed by atoms with Crippen molar-refractivity contribution in [2.24, 2.45) is 5.73 Å². The van der Waals surface area contributed by atoms with Gasteiger partial charge in [0, 0.05) is 19.8 Å². The summed E-state index contributed by atoms with van der Waals surface area (Å²) in [6.07, 6.45) is 0. The van der Waals surface area contributed by atoms with Gasteiger partial charge in [0.2, 0.25) is 0 Å². The fraction of sp³-hybridized carbons (Fsp3) is 0.250. The van der Waals surface area contributed by atoms with Gasteiger partial charge >= 0.3 is 0 Å². The Hall–Kier alpha value is -1.36. The fourth-order valence-electron chi connectivity index (χ4n) is 2.29. The van der Waals surface area contributed by atoms with Crippen LogP contribution in [0.2, 0.25) is 0 Å². The molecule has 0 saturated heterocycles. The number of ether oxygens (including phenoxy) is 1.